The van der Waals surface area contributed by atoms with E-state index in [1.54, 1.807) is 19.1 Å². The molecule has 32 heavy (non-hydrogen) atoms. The quantitative estimate of drug-likeness (QED) is 0.390. The minimum absolute atomic E-state index is 0.118. The number of hydrogen-bond donors (Lipinski definition) is 1. The molecule has 4 aromatic rings. The Bertz CT molecular complexity index is 1290. The number of oxazole rings is 1. The third-order valence-electron chi connectivity index (χ3n) is 4.81. The molecule has 0 aliphatic carbocycles. The van der Waals surface area contributed by atoms with Crippen LogP contribution in [-0.4, -0.2) is 21.0 Å². The summed E-state index contributed by atoms with van der Waals surface area (Å²) in [5.41, 5.74) is 2.32. The maximum Gasteiger partial charge on any atom is 0.416 e. The van der Waals surface area contributed by atoms with Gasteiger partial charge in [-0.05, 0) is 38.1 Å². The molecule has 0 atom stereocenters. The van der Waals surface area contributed by atoms with Crippen molar-refractivity contribution in [2.24, 2.45) is 0 Å². The molecule has 166 valence electrons. The first-order valence-corrected chi connectivity index (χ1v) is 10.3. The molecule has 2 aromatic carbocycles. The Morgan fingerprint density at radius 1 is 1.12 bits per heavy atom. The van der Waals surface area contributed by atoms with Gasteiger partial charge >= 0.3 is 12.1 Å². The van der Waals surface area contributed by atoms with Crippen molar-refractivity contribution in [1.82, 2.24) is 9.97 Å². The Balaban J connectivity index is 1.52. The molecule has 2 aromatic heterocycles. The van der Waals surface area contributed by atoms with Crippen LogP contribution in [0.5, 0.6) is 5.75 Å². The lowest BCUT2D eigenvalue weighted by atomic mass is 10.1. The van der Waals surface area contributed by atoms with Crippen molar-refractivity contribution in [3.05, 3.63) is 64.0 Å². The molecule has 0 unspecified atom stereocenters. The smallest absolute Gasteiger partial charge is 0.416 e. The Morgan fingerprint density at radius 3 is 2.50 bits per heavy atom. The number of carboxylic acid groups (broad SMARTS) is 1. The van der Waals surface area contributed by atoms with Crippen molar-refractivity contribution in [3.63, 3.8) is 0 Å². The Labute approximate surface area is 184 Å². The van der Waals surface area contributed by atoms with Gasteiger partial charge in [-0.2, -0.15) is 13.2 Å². The van der Waals surface area contributed by atoms with Crippen LogP contribution in [0.1, 0.15) is 27.6 Å². The summed E-state index contributed by atoms with van der Waals surface area (Å²) >= 11 is 1.35. The second-order valence-electron chi connectivity index (χ2n) is 7.11. The normalized spacial score (nSPS) is 11.8. The minimum atomic E-state index is -4.38. The molecule has 0 saturated heterocycles. The molecule has 0 fully saturated rings. The predicted molar refractivity (Wildman–Crippen MR) is 112 cm³/mol. The van der Waals surface area contributed by atoms with E-state index >= 15 is 0 Å². The highest BCUT2D eigenvalue weighted by Gasteiger charge is 2.30. The number of aromatic nitrogens is 2. The van der Waals surface area contributed by atoms with E-state index in [2.05, 4.69) is 9.97 Å². The number of carbonyl (C=O) groups is 1. The number of carboxylic acids is 1. The van der Waals surface area contributed by atoms with Crippen LogP contribution in [-0.2, 0) is 24.0 Å². The number of nitrogens with zero attached hydrogens (tertiary/aromatic N) is 2. The average Bonchev–Trinajstić information content (AvgIpc) is 3.30. The fourth-order valence-corrected chi connectivity index (χ4v) is 4.12. The van der Waals surface area contributed by atoms with Crippen LogP contribution in [0.2, 0.25) is 0 Å². The van der Waals surface area contributed by atoms with E-state index in [0.717, 1.165) is 22.7 Å². The highest BCUT2D eigenvalue weighted by Crippen LogP contribution is 2.34. The number of thiazole rings is 1. The molecular weight excluding hydrogens is 445 g/mol. The van der Waals surface area contributed by atoms with Gasteiger partial charge in [0.15, 0.2) is 5.58 Å². The van der Waals surface area contributed by atoms with Crippen LogP contribution >= 0.6 is 11.3 Å². The Morgan fingerprint density at radius 2 is 1.84 bits per heavy atom. The van der Waals surface area contributed by atoms with E-state index in [4.69, 9.17) is 14.3 Å². The zero-order chi connectivity index (χ0) is 23.0. The molecule has 4 rings (SSSR count). The highest BCUT2D eigenvalue weighted by molar-refractivity contribution is 7.15. The van der Waals surface area contributed by atoms with Crippen molar-refractivity contribution in [1.29, 1.82) is 0 Å². The molecule has 0 bridgehead atoms. The molecule has 0 spiro atoms. The van der Waals surface area contributed by atoms with Gasteiger partial charge in [0.05, 0.1) is 16.1 Å². The second-order valence-corrected chi connectivity index (χ2v) is 8.19. The summed E-state index contributed by atoms with van der Waals surface area (Å²) in [7, 11) is 0. The second kappa shape index (κ2) is 8.27. The summed E-state index contributed by atoms with van der Waals surface area (Å²) in [6.45, 7) is 3.82. The SMILES string of the molecule is Cc1nc(-c2ccc(C(F)(F)F)cc2)sc1COc1ccc2nc(CC(=O)O)oc2c1C. The van der Waals surface area contributed by atoms with Gasteiger partial charge in [0.25, 0.3) is 0 Å². The van der Waals surface area contributed by atoms with Gasteiger partial charge in [0.1, 0.15) is 29.3 Å². The monoisotopic (exact) mass is 462 g/mol. The third-order valence-corrected chi connectivity index (χ3v) is 5.99. The molecule has 0 aliphatic rings. The molecule has 10 heteroatoms. The molecule has 2 heterocycles. The van der Waals surface area contributed by atoms with E-state index in [9.17, 15) is 18.0 Å². The van der Waals surface area contributed by atoms with Crippen molar-refractivity contribution in [3.8, 4) is 16.3 Å². The predicted octanol–water partition coefficient (Wildman–Crippen LogP) is 5.79. The average molecular weight is 462 g/mol. The molecule has 1 N–H and O–H groups in total. The molecule has 6 nitrogen and oxygen atoms in total. The van der Waals surface area contributed by atoms with Gasteiger partial charge in [-0.3, -0.25) is 4.79 Å². The number of halogens is 3. The first-order valence-electron chi connectivity index (χ1n) is 9.49. The van der Waals surface area contributed by atoms with E-state index in [-0.39, 0.29) is 18.9 Å². The number of rotatable bonds is 6. The van der Waals surface area contributed by atoms with Crippen LogP contribution in [0.4, 0.5) is 13.2 Å². The molecule has 0 amide bonds. The Hall–Kier alpha value is -3.40. The zero-order valence-electron chi connectivity index (χ0n) is 17.0. The maximum atomic E-state index is 12.8. The lowest BCUT2D eigenvalue weighted by molar-refractivity contribution is -0.138. The maximum absolute atomic E-state index is 12.8. The van der Waals surface area contributed by atoms with Gasteiger partial charge in [-0.15, -0.1) is 11.3 Å². The number of aliphatic carboxylic acids is 1. The number of ether oxygens (including phenoxy) is 1. The minimum Gasteiger partial charge on any atom is -0.488 e. The van der Waals surface area contributed by atoms with Crippen LogP contribution in [0, 0.1) is 13.8 Å². The van der Waals surface area contributed by atoms with Crippen molar-refractivity contribution < 1.29 is 32.2 Å². The Kier molecular flexibility index (Phi) is 5.64. The van der Waals surface area contributed by atoms with Crippen molar-refractivity contribution in [2.75, 3.05) is 0 Å². The lowest BCUT2D eigenvalue weighted by Crippen LogP contribution is -2.03. The van der Waals surface area contributed by atoms with Crippen LogP contribution in [0.3, 0.4) is 0 Å². The van der Waals surface area contributed by atoms with Crippen LogP contribution < -0.4 is 4.74 Å². The summed E-state index contributed by atoms with van der Waals surface area (Å²) < 4.78 is 49.8. The van der Waals surface area contributed by atoms with Crippen LogP contribution in [0.15, 0.2) is 40.8 Å². The van der Waals surface area contributed by atoms with Gasteiger partial charge in [0, 0.05) is 11.1 Å². The molecular formula is C22H17F3N2O4S. The summed E-state index contributed by atoms with van der Waals surface area (Å²) in [5.74, 6) is -0.359. The van der Waals surface area contributed by atoms with Crippen molar-refractivity contribution >= 4 is 28.4 Å². The molecule has 0 radical (unpaired) electrons. The van der Waals surface area contributed by atoms with E-state index in [1.165, 1.54) is 23.5 Å². The topological polar surface area (TPSA) is 85.5 Å². The summed E-state index contributed by atoms with van der Waals surface area (Å²) in [5, 5.41) is 9.51. The number of benzene rings is 2. The zero-order valence-corrected chi connectivity index (χ0v) is 17.8. The number of fused-ring (bicyclic) bond motifs is 1. The number of alkyl halides is 3. The number of aryl methyl sites for hydroxylation is 2. The standard InChI is InChI=1S/C22H17F3N2O4S/c1-11-16(8-7-15-20(11)31-18(27-15)9-19(28)29)30-10-17-12(2)26-21(32-17)13-3-5-14(6-4-13)22(23,24)25/h3-8H,9-10H2,1-2H3,(H,28,29). The largest absolute Gasteiger partial charge is 0.488 e. The van der Waals surface area contributed by atoms with Gasteiger partial charge in [-0.25, -0.2) is 9.97 Å². The van der Waals surface area contributed by atoms with Crippen LogP contribution in [0.25, 0.3) is 21.7 Å². The van der Waals surface area contributed by atoms with Gasteiger partial charge < -0.3 is 14.3 Å². The summed E-state index contributed by atoms with van der Waals surface area (Å²) in [6, 6.07) is 8.32. The lowest BCUT2D eigenvalue weighted by Gasteiger charge is -2.08. The first kappa shape index (κ1) is 21.8. The van der Waals surface area contributed by atoms with E-state index in [0.29, 0.717) is 33.0 Å². The third kappa shape index (κ3) is 4.45. The van der Waals surface area contributed by atoms with Gasteiger partial charge in [-0.1, -0.05) is 12.1 Å². The van der Waals surface area contributed by atoms with Crippen molar-refractivity contribution in [2.45, 2.75) is 33.1 Å². The van der Waals surface area contributed by atoms with E-state index < -0.39 is 17.7 Å². The first-order chi connectivity index (χ1) is 15.1. The molecule has 0 saturated carbocycles. The highest BCUT2D eigenvalue weighted by atomic mass is 32.1. The number of hydrogen-bond acceptors (Lipinski definition) is 6. The fourth-order valence-electron chi connectivity index (χ4n) is 3.14. The fraction of sp³-hybridized carbons (Fsp3) is 0.227. The summed E-state index contributed by atoms with van der Waals surface area (Å²) in [6.07, 6.45) is -4.69. The summed E-state index contributed by atoms with van der Waals surface area (Å²) in [4.78, 5) is 20.3. The van der Waals surface area contributed by atoms with Gasteiger partial charge in [0.2, 0.25) is 5.89 Å². The molecule has 0 aliphatic heterocycles. The van der Waals surface area contributed by atoms with E-state index in [1.807, 2.05) is 6.92 Å².